The van der Waals surface area contributed by atoms with Crippen molar-refractivity contribution in [2.45, 2.75) is 12.5 Å². The van der Waals surface area contributed by atoms with Crippen LogP contribution < -0.4 is 16.0 Å². The lowest BCUT2D eigenvalue weighted by molar-refractivity contribution is 0.239. The Morgan fingerprint density at radius 2 is 2.50 bits per heavy atom. The summed E-state index contributed by atoms with van der Waals surface area (Å²) in [6.07, 6.45) is 6.66. The molecule has 2 amide bonds. The van der Waals surface area contributed by atoms with E-state index in [1.54, 1.807) is 0 Å². The van der Waals surface area contributed by atoms with Crippen LogP contribution in [0.2, 0.25) is 0 Å². The number of amides is 2. The molecule has 16 heavy (non-hydrogen) atoms. The molecule has 1 atom stereocenters. The highest BCUT2D eigenvalue weighted by Gasteiger charge is 2.21. The number of likely N-dealkylation sites (tertiary alicyclic amines) is 1. The van der Waals surface area contributed by atoms with Crippen LogP contribution >= 0.6 is 0 Å². The average molecular weight is 222 g/mol. The van der Waals surface area contributed by atoms with Crippen molar-refractivity contribution in [2.24, 2.45) is 0 Å². The predicted octanol–water partition coefficient (Wildman–Crippen LogP) is -0.00950. The van der Waals surface area contributed by atoms with Crippen LogP contribution in [0.3, 0.4) is 0 Å². The zero-order chi connectivity index (χ0) is 11.4. The molecule has 5 nitrogen and oxygen atoms in total. The number of hydrogen-bond acceptors (Lipinski definition) is 3. The molecule has 0 aliphatic carbocycles. The van der Waals surface area contributed by atoms with Crippen LogP contribution in [-0.4, -0.2) is 43.7 Å². The first-order valence-corrected chi connectivity index (χ1v) is 5.59. The predicted molar refractivity (Wildman–Crippen MR) is 62.8 cm³/mol. The number of nitrogens with one attached hydrogen (secondary N) is 3. The van der Waals surface area contributed by atoms with Gasteiger partial charge in [-0.25, -0.2) is 4.79 Å². The topological polar surface area (TPSA) is 56.4 Å². The summed E-state index contributed by atoms with van der Waals surface area (Å²) in [4.78, 5) is 13.9. The van der Waals surface area contributed by atoms with E-state index >= 15 is 0 Å². The average Bonchev–Trinajstić information content (AvgIpc) is 2.65. The van der Waals surface area contributed by atoms with Gasteiger partial charge in [-0.1, -0.05) is 0 Å². The number of rotatable bonds is 2. The van der Waals surface area contributed by atoms with Gasteiger partial charge in [-0.3, -0.25) is 0 Å². The second-order valence-electron chi connectivity index (χ2n) is 4.28. The first-order chi connectivity index (χ1) is 7.74. The summed E-state index contributed by atoms with van der Waals surface area (Å²) in [5.41, 5.74) is 0.895. The minimum absolute atomic E-state index is 0.108. The third-order valence-corrected chi connectivity index (χ3v) is 2.80. The monoisotopic (exact) mass is 222 g/mol. The van der Waals surface area contributed by atoms with E-state index in [1.165, 1.54) is 0 Å². The van der Waals surface area contributed by atoms with Gasteiger partial charge >= 0.3 is 6.03 Å². The highest BCUT2D eigenvalue weighted by molar-refractivity contribution is 5.76. The Morgan fingerprint density at radius 3 is 3.12 bits per heavy atom. The summed E-state index contributed by atoms with van der Waals surface area (Å²) in [5.74, 6) is 0. The van der Waals surface area contributed by atoms with Gasteiger partial charge in [-0.2, -0.15) is 0 Å². The van der Waals surface area contributed by atoms with Crippen LogP contribution in [0.1, 0.15) is 6.42 Å². The fourth-order valence-corrected chi connectivity index (χ4v) is 1.97. The lowest BCUT2D eigenvalue weighted by Gasteiger charge is -2.16. The Labute approximate surface area is 95.6 Å². The summed E-state index contributed by atoms with van der Waals surface area (Å²) in [6.45, 7) is 2.66. The van der Waals surface area contributed by atoms with E-state index in [-0.39, 0.29) is 12.1 Å². The molecule has 1 fully saturated rings. The lowest BCUT2D eigenvalue weighted by atomic mass is 10.3. The van der Waals surface area contributed by atoms with Crippen molar-refractivity contribution in [1.82, 2.24) is 20.9 Å². The van der Waals surface area contributed by atoms with E-state index in [4.69, 9.17) is 0 Å². The molecule has 2 heterocycles. The fraction of sp³-hybridized carbons (Fsp3) is 0.545. The van der Waals surface area contributed by atoms with E-state index < -0.39 is 0 Å². The quantitative estimate of drug-likeness (QED) is 0.616. The van der Waals surface area contributed by atoms with Gasteiger partial charge in [0.15, 0.2) is 0 Å². The SMILES string of the molecule is CN1CCC(NC(=O)NC2=CC=CNC2)C1. The summed E-state index contributed by atoms with van der Waals surface area (Å²) in [5, 5.41) is 8.85. The van der Waals surface area contributed by atoms with Gasteiger partial charge in [0.1, 0.15) is 0 Å². The summed E-state index contributed by atoms with van der Waals surface area (Å²) < 4.78 is 0. The molecule has 1 saturated heterocycles. The van der Waals surface area contributed by atoms with Crippen molar-refractivity contribution in [1.29, 1.82) is 0 Å². The normalized spacial score (nSPS) is 24.8. The smallest absolute Gasteiger partial charge is 0.319 e. The minimum atomic E-state index is -0.108. The van der Waals surface area contributed by atoms with Crippen LogP contribution in [0, 0.1) is 0 Å². The molecule has 2 aliphatic rings. The Bertz CT molecular complexity index is 324. The number of nitrogens with zero attached hydrogens (tertiary/aromatic N) is 1. The first-order valence-electron chi connectivity index (χ1n) is 5.59. The largest absolute Gasteiger partial charge is 0.385 e. The summed E-state index contributed by atoms with van der Waals surface area (Å²) in [7, 11) is 2.07. The second kappa shape index (κ2) is 5.03. The molecule has 1 unspecified atom stereocenters. The minimum Gasteiger partial charge on any atom is -0.385 e. The lowest BCUT2D eigenvalue weighted by Crippen LogP contribution is -2.44. The van der Waals surface area contributed by atoms with Crippen molar-refractivity contribution in [3.63, 3.8) is 0 Å². The van der Waals surface area contributed by atoms with E-state index in [1.807, 2.05) is 18.4 Å². The summed E-state index contributed by atoms with van der Waals surface area (Å²) >= 11 is 0. The Kier molecular flexibility index (Phi) is 3.46. The molecule has 0 aromatic heterocycles. The number of dihydropyridines is 1. The van der Waals surface area contributed by atoms with Crippen molar-refractivity contribution in [3.8, 4) is 0 Å². The zero-order valence-corrected chi connectivity index (χ0v) is 9.49. The number of carbonyl (C=O) groups excluding carboxylic acids is 1. The second-order valence-corrected chi connectivity index (χ2v) is 4.28. The fourth-order valence-electron chi connectivity index (χ4n) is 1.97. The van der Waals surface area contributed by atoms with Gasteiger partial charge in [0.2, 0.25) is 0 Å². The molecular weight excluding hydrogens is 204 g/mol. The molecule has 88 valence electrons. The Hall–Kier alpha value is -1.49. The Balaban J connectivity index is 1.76. The van der Waals surface area contributed by atoms with Gasteiger partial charge in [0.05, 0.1) is 6.54 Å². The maximum Gasteiger partial charge on any atom is 0.319 e. The molecule has 2 aliphatic heterocycles. The van der Waals surface area contributed by atoms with E-state index in [9.17, 15) is 4.79 Å². The Morgan fingerprint density at radius 1 is 1.62 bits per heavy atom. The van der Waals surface area contributed by atoms with Gasteiger partial charge in [0, 0.05) is 18.3 Å². The van der Waals surface area contributed by atoms with Crippen LogP contribution in [0.15, 0.2) is 24.0 Å². The van der Waals surface area contributed by atoms with E-state index in [0.717, 1.165) is 25.2 Å². The van der Waals surface area contributed by atoms with Crippen LogP contribution in [0.5, 0.6) is 0 Å². The molecule has 0 aromatic carbocycles. The van der Waals surface area contributed by atoms with E-state index in [2.05, 4.69) is 27.9 Å². The molecule has 0 radical (unpaired) electrons. The maximum absolute atomic E-state index is 11.6. The molecule has 0 spiro atoms. The molecule has 0 aromatic rings. The highest BCUT2D eigenvalue weighted by Crippen LogP contribution is 2.05. The molecule has 0 bridgehead atoms. The zero-order valence-electron chi connectivity index (χ0n) is 9.49. The standard InChI is InChI=1S/C11H18N4O/c1-15-6-4-10(8-15)14-11(16)13-9-3-2-5-12-7-9/h2-3,5,10,12H,4,6-8H2,1H3,(H2,13,14,16). The van der Waals surface area contributed by atoms with Crippen LogP contribution in [0.4, 0.5) is 4.79 Å². The van der Waals surface area contributed by atoms with Crippen molar-refractivity contribution in [2.75, 3.05) is 26.7 Å². The molecule has 0 saturated carbocycles. The number of urea groups is 1. The van der Waals surface area contributed by atoms with Gasteiger partial charge in [0.25, 0.3) is 0 Å². The molecular formula is C11H18N4O. The molecule has 5 heteroatoms. The molecule has 2 rings (SSSR count). The van der Waals surface area contributed by atoms with E-state index in [0.29, 0.717) is 6.54 Å². The van der Waals surface area contributed by atoms with Gasteiger partial charge in [-0.15, -0.1) is 0 Å². The van der Waals surface area contributed by atoms with Crippen LogP contribution in [0.25, 0.3) is 0 Å². The van der Waals surface area contributed by atoms with Crippen molar-refractivity contribution < 1.29 is 4.79 Å². The summed E-state index contributed by atoms with van der Waals surface area (Å²) in [6, 6.07) is 0.168. The highest BCUT2D eigenvalue weighted by atomic mass is 16.2. The van der Waals surface area contributed by atoms with Gasteiger partial charge < -0.3 is 20.9 Å². The number of carbonyl (C=O) groups is 1. The number of allylic oxidation sites excluding steroid dienone is 2. The maximum atomic E-state index is 11.6. The van der Waals surface area contributed by atoms with Gasteiger partial charge in [-0.05, 0) is 38.4 Å². The number of likely N-dealkylation sites (N-methyl/N-ethyl adjacent to an activating group) is 1. The van der Waals surface area contributed by atoms with Crippen molar-refractivity contribution in [3.05, 3.63) is 24.0 Å². The third kappa shape index (κ3) is 3.00. The van der Waals surface area contributed by atoms with Crippen LogP contribution in [-0.2, 0) is 0 Å². The molecule has 3 N–H and O–H groups in total. The number of hydrogen-bond donors (Lipinski definition) is 3. The van der Waals surface area contributed by atoms with Crippen molar-refractivity contribution >= 4 is 6.03 Å². The first kappa shape index (κ1) is 11.0. The third-order valence-electron chi connectivity index (χ3n) is 2.80.